The molecule has 0 saturated carbocycles. The van der Waals surface area contributed by atoms with Crippen LogP contribution < -0.4 is 15.5 Å². The maximum absolute atomic E-state index is 12.2. The van der Waals surface area contributed by atoms with Gasteiger partial charge in [0, 0.05) is 45.6 Å². The van der Waals surface area contributed by atoms with E-state index in [9.17, 15) is 13.2 Å². The summed E-state index contributed by atoms with van der Waals surface area (Å²) in [5.41, 5.74) is 1.36. The molecule has 1 aromatic heterocycles. The van der Waals surface area contributed by atoms with Crippen LogP contribution >= 0.6 is 0 Å². The Labute approximate surface area is 165 Å². The Bertz CT molecular complexity index is 940. The molecule has 2 aromatic rings. The first-order valence-electron chi connectivity index (χ1n) is 9.13. The molecule has 1 aliphatic rings. The van der Waals surface area contributed by atoms with Crippen molar-refractivity contribution in [1.82, 2.24) is 14.6 Å². The van der Waals surface area contributed by atoms with Crippen molar-refractivity contribution in [1.29, 1.82) is 0 Å². The number of carbonyl (C=O) groups excluding carboxylic acids is 1. The Kier molecular flexibility index (Phi) is 6.15. The van der Waals surface area contributed by atoms with Gasteiger partial charge in [-0.15, -0.1) is 0 Å². The number of amides is 2. The highest BCUT2D eigenvalue weighted by atomic mass is 32.2. The molecule has 0 bridgehead atoms. The van der Waals surface area contributed by atoms with E-state index in [4.69, 9.17) is 0 Å². The monoisotopic (exact) mass is 403 g/mol. The fourth-order valence-corrected chi connectivity index (χ4v) is 3.94. The zero-order valence-corrected chi connectivity index (χ0v) is 16.9. The van der Waals surface area contributed by atoms with Crippen LogP contribution in [-0.4, -0.2) is 50.9 Å². The van der Waals surface area contributed by atoms with Crippen LogP contribution in [0.3, 0.4) is 0 Å². The van der Waals surface area contributed by atoms with Crippen LogP contribution in [0.1, 0.15) is 18.4 Å². The first-order valence-corrected chi connectivity index (χ1v) is 10.6. The molecular formula is C19H25N5O3S. The molecule has 0 unspecified atom stereocenters. The predicted octanol–water partition coefficient (Wildman–Crippen LogP) is 2.25. The summed E-state index contributed by atoms with van der Waals surface area (Å²) < 4.78 is 25.6. The molecule has 1 aromatic carbocycles. The number of hydrogen-bond donors (Lipinski definition) is 2. The Morgan fingerprint density at radius 2 is 1.93 bits per heavy atom. The molecule has 8 nitrogen and oxygen atoms in total. The number of sulfonamides is 1. The first-order chi connectivity index (χ1) is 13.4. The molecule has 2 amide bonds. The zero-order valence-electron chi connectivity index (χ0n) is 16.1. The summed E-state index contributed by atoms with van der Waals surface area (Å²) in [7, 11) is -0.622. The second kappa shape index (κ2) is 8.57. The van der Waals surface area contributed by atoms with Gasteiger partial charge in [0.2, 0.25) is 10.0 Å². The summed E-state index contributed by atoms with van der Waals surface area (Å²) in [5, 5.41) is 5.46. The maximum atomic E-state index is 12.2. The van der Waals surface area contributed by atoms with Crippen LogP contribution in [0.15, 0.2) is 47.5 Å². The Morgan fingerprint density at radius 3 is 2.64 bits per heavy atom. The molecule has 150 valence electrons. The highest BCUT2D eigenvalue weighted by Crippen LogP contribution is 2.19. The largest absolute Gasteiger partial charge is 0.357 e. The second-order valence-corrected chi connectivity index (χ2v) is 8.99. The average Bonchev–Trinajstić information content (AvgIpc) is 3.21. The number of benzene rings is 1. The SMILES string of the molecule is CN(C)S(=O)(=O)c1cccc(NC(=O)NCc2ccnc(N3CCCC3)c2)c1. The highest BCUT2D eigenvalue weighted by Gasteiger charge is 2.18. The third kappa shape index (κ3) is 4.79. The van der Waals surface area contributed by atoms with Crippen LogP contribution in [0.25, 0.3) is 0 Å². The van der Waals surface area contributed by atoms with Gasteiger partial charge in [-0.25, -0.2) is 22.5 Å². The van der Waals surface area contributed by atoms with E-state index in [-0.39, 0.29) is 4.90 Å². The molecule has 2 heterocycles. The van der Waals surface area contributed by atoms with Crippen molar-refractivity contribution in [3.05, 3.63) is 48.2 Å². The molecule has 2 N–H and O–H groups in total. The lowest BCUT2D eigenvalue weighted by atomic mass is 10.2. The quantitative estimate of drug-likeness (QED) is 0.771. The van der Waals surface area contributed by atoms with E-state index in [0.717, 1.165) is 28.8 Å². The van der Waals surface area contributed by atoms with Crippen molar-refractivity contribution in [3.63, 3.8) is 0 Å². The molecule has 1 saturated heterocycles. The van der Waals surface area contributed by atoms with Crippen molar-refractivity contribution in [2.24, 2.45) is 0 Å². The molecule has 0 spiro atoms. The van der Waals surface area contributed by atoms with Gasteiger partial charge in [-0.05, 0) is 48.7 Å². The van der Waals surface area contributed by atoms with Gasteiger partial charge in [-0.3, -0.25) is 0 Å². The van der Waals surface area contributed by atoms with Gasteiger partial charge in [-0.1, -0.05) is 6.07 Å². The van der Waals surface area contributed by atoms with E-state index in [1.165, 1.54) is 39.1 Å². The summed E-state index contributed by atoms with van der Waals surface area (Å²) in [6, 6.07) is 9.62. The molecule has 0 radical (unpaired) electrons. The standard InChI is InChI=1S/C19H25N5O3S/c1-23(2)28(26,27)17-7-5-6-16(13-17)22-19(25)21-14-15-8-9-20-18(12-15)24-10-3-4-11-24/h5-9,12-13H,3-4,10-11,14H2,1-2H3,(H2,21,22,25). The van der Waals surface area contributed by atoms with Crippen LogP contribution in [0.4, 0.5) is 16.3 Å². The summed E-state index contributed by atoms with van der Waals surface area (Å²) in [5.74, 6) is 0.929. The topological polar surface area (TPSA) is 94.6 Å². The van der Waals surface area contributed by atoms with Crippen molar-refractivity contribution in [2.45, 2.75) is 24.3 Å². The van der Waals surface area contributed by atoms with Crippen LogP contribution in [0.5, 0.6) is 0 Å². The lowest BCUT2D eigenvalue weighted by Crippen LogP contribution is -2.28. The minimum Gasteiger partial charge on any atom is -0.357 e. The Balaban J connectivity index is 1.60. The Hall–Kier alpha value is -2.65. The molecular weight excluding hydrogens is 378 g/mol. The molecule has 3 rings (SSSR count). The number of urea groups is 1. The van der Waals surface area contributed by atoms with Gasteiger partial charge in [0.05, 0.1) is 4.90 Å². The van der Waals surface area contributed by atoms with Crippen LogP contribution in [0, 0.1) is 0 Å². The predicted molar refractivity (Wildman–Crippen MR) is 109 cm³/mol. The minimum atomic E-state index is -3.55. The van der Waals surface area contributed by atoms with E-state index in [1.54, 1.807) is 18.3 Å². The fraction of sp³-hybridized carbons (Fsp3) is 0.368. The van der Waals surface area contributed by atoms with Crippen LogP contribution in [-0.2, 0) is 16.6 Å². The van der Waals surface area contributed by atoms with Gasteiger partial charge < -0.3 is 15.5 Å². The number of hydrogen-bond acceptors (Lipinski definition) is 5. The van der Waals surface area contributed by atoms with Crippen molar-refractivity contribution in [3.8, 4) is 0 Å². The fourth-order valence-electron chi connectivity index (χ4n) is 2.99. The van der Waals surface area contributed by atoms with Gasteiger partial charge in [0.15, 0.2) is 0 Å². The molecule has 1 fully saturated rings. The van der Waals surface area contributed by atoms with E-state index in [1.807, 2.05) is 12.1 Å². The average molecular weight is 404 g/mol. The third-order valence-corrected chi connectivity index (χ3v) is 6.37. The van der Waals surface area contributed by atoms with Gasteiger partial charge in [0.25, 0.3) is 0 Å². The van der Waals surface area contributed by atoms with E-state index in [2.05, 4.69) is 20.5 Å². The van der Waals surface area contributed by atoms with Crippen molar-refractivity contribution < 1.29 is 13.2 Å². The third-order valence-electron chi connectivity index (χ3n) is 4.56. The molecule has 0 atom stereocenters. The van der Waals surface area contributed by atoms with Crippen molar-refractivity contribution in [2.75, 3.05) is 37.4 Å². The van der Waals surface area contributed by atoms with E-state index in [0.29, 0.717) is 12.2 Å². The highest BCUT2D eigenvalue weighted by molar-refractivity contribution is 7.89. The minimum absolute atomic E-state index is 0.125. The summed E-state index contributed by atoms with van der Waals surface area (Å²) in [6.45, 7) is 2.37. The van der Waals surface area contributed by atoms with E-state index >= 15 is 0 Å². The lowest BCUT2D eigenvalue weighted by molar-refractivity contribution is 0.251. The zero-order chi connectivity index (χ0) is 20.1. The summed E-state index contributed by atoms with van der Waals surface area (Å²) in [4.78, 5) is 19.0. The van der Waals surface area contributed by atoms with Crippen molar-refractivity contribution >= 4 is 27.6 Å². The number of nitrogens with one attached hydrogen (secondary N) is 2. The van der Waals surface area contributed by atoms with Gasteiger partial charge in [-0.2, -0.15) is 0 Å². The molecule has 1 aliphatic heterocycles. The number of aromatic nitrogens is 1. The second-order valence-electron chi connectivity index (χ2n) is 6.84. The number of carbonyl (C=O) groups is 1. The molecule has 0 aliphatic carbocycles. The summed E-state index contributed by atoms with van der Waals surface area (Å²) >= 11 is 0. The Morgan fingerprint density at radius 1 is 1.18 bits per heavy atom. The smallest absolute Gasteiger partial charge is 0.319 e. The number of pyridine rings is 1. The van der Waals surface area contributed by atoms with Gasteiger partial charge in [0.1, 0.15) is 5.82 Å². The number of nitrogens with zero attached hydrogens (tertiary/aromatic N) is 3. The molecule has 28 heavy (non-hydrogen) atoms. The molecule has 9 heteroatoms. The van der Waals surface area contributed by atoms with Crippen LogP contribution in [0.2, 0.25) is 0 Å². The number of anilines is 2. The maximum Gasteiger partial charge on any atom is 0.319 e. The van der Waals surface area contributed by atoms with Gasteiger partial charge >= 0.3 is 6.03 Å². The van der Waals surface area contributed by atoms with E-state index < -0.39 is 16.1 Å². The lowest BCUT2D eigenvalue weighted by Gasteiger charge is -2.17. The first kappa shape index (κ1) is 20.1. The number of rotatable bonds is 6. The summed E-state index contributed by atoms with van der Waals surface area (Å²) in [6.07, 6.45) is 4.10. The normalized spacial score (nSPS) is 14.3.